The van der Waals surface area contributed by atoms with Gasteiger partial charge in [0.05, 0.1) is 12.8 Å². The summed E-state index contributed by atoms with van der Waals surface area (Å²) in [5, 5.41) is 0. The van der Waals surface area contributed by atoms with Gasteiger partial charge in [0.25, 0.3) is 0 Å². The van der Waals surface area contributed by atoms with Gasteiger partial charge in [0, 0.05) is 43.9 Å². The van der Waals surface area contributed by atoms with E-state index in [4.69, 9.17) is 14.5 Å². The molecule has 154 valence electrons. The van der Waals surface area contributed by atoms with Gasteiger partial charge in [-0.15, -0.1) is 0 Å². The number of hydrogen-bond acceptors (Lipinski definition) is 5. The summed E-state index contributed by atoms with van der Waals surface area (Å²) >= 11 is 0. The molecule has 1 saturated carbocycles. The quantitative estimate of drug-likeness (QED) is 0.536. The van der Waals surface area contributed by atoms with Gasteiger partial charge in [-0.3, -0.25) is 9.98 Å². The van der Waals surface area contributed by atoms with E-state index >= 15 is 0 Å². The van der Waals surface area contributed by atoms with E-state index in [0.717, 1.165) is 42.5 Å². The monoisotopic (exact) mass is 393 g/mol. The van der Waals surface area contributed by atoms with Crippen LogP contribution in [0.3, 0.4) is 0 Å². The summed E-state index contributed by atoms with van der Waals surface area (Å²) in [5.74, 6) is 0.630. The third kappa shape index (κ3) is 3.68. The number of methoxy groups -OCH3 is 2. The summed E-state index contributed by atoms with van der Waals surface area (Å²) in [6.07, 6.45) is 13.9. The molecule has 2 heterocycles. The molecule has 1 fully saturated rings. The summed E-state index contributed by atoms with van der Waals surface area (Å²) in [4.78, 5) is 14.0. The van der Waals surface area contributed by atoms with Crippen LogP contribution in [0.1, 0.15) is 67.5 Å². The summed E-state index contributed by atoms with van der Waals surface area (Å²) in [7, 11) is 5.33. The van der Waals surface area contributed by atoms with Crippen molar-refractivity contribution < 1.29 is 9.47 Å². The fraction of sp³-hybridized carbons (Fsp3) is 0.542. The number of rotatable bonds is 5. The molecule has 2 aromatic rings. The Kier molecular flexibility index (Phi) is 5.95. The van der Waals surface area contributed by atoms with Gasteiger partial charge in [-0.05, 0) is 61.3 Å². The maximum atomic E-state index is 6.17. The summed E-state index contributed by atoms with van der Waals surface area (Å²) < 4.78 is 11.6. The van der Waals surface area contributed by atoms with Crippen molar-refractivity contribution in [3.05, 3.63) is 40.8 Å². The van der Waals surface area contributed by atoms with Gasteiger partial charge < -0.3 is 9.47 Å². The second-order valence-corrected chi connectivity index (χ2v) is 8.11. The first-order valence-electron chi connectivity index (χ1n) is 10.8. The second-order valence-electron chi connectivity index (χ2n) is 8.11. The fourth-order valence-electron chi connectivity index (χ4n) is 5.03. The van der Waals surface area contributed by atoms with Crippen LogP contribution >= 0.6 is 0 Å². The molecular formula is C24H31N3O2. The Balaban J connectivity index is 2.04. The Bertz CT molecular complexity index is 901. The van der Waals surface area contributed by atoms with E-state index in [1.807, 2.05) is 32.6 Å². The predicted octanol–water partition coefficient (Wildman–Crippen LogP) is 4.89. The van der Waals surface area contributed by atoms with Crippen molar-refractivity contribution in [2.45, 2.75) is 63.4 Å². The molecule has 0 radical (unpaired) electrons. The molecule has 0 aromatic carbocycles. The van der Waals surface area contributed by atoms with Crippen molar-refractivity contribution in [2.24, 2.45) is 4.99 Å². The van der Waals surface area contributed by atoms with E-state index in [0.29, 0.717) is 5.88 Å². The van der Waals surface area contributed by atoms with Gasteiger partial charge in [-0.25, -0.2) is 4.98 Å². The van der Waals surface area contributed by atoms with E-state index in [1.54, 1.807) is 7.11 Å². The molecular weight excluding hydrogens is 362 g/mol. The van der Waals surface area contributed by atoms with Crippen LogP contribution in [0, 0.1) is 0 Å². The molecule has 2 aliphatic rings. The SMILES string of the molecule is CN=Cc1c(C2(OC)CCCC2)nc2c(c1-c1ccnc(OC)c1)CCCCC2. The first kappa shape index (κ1) is 20.0. The van der Waals surface area contributed by atoms with Crippen molar-refractivity contribution in [1.29, 1.82) is 0 Å². The molecule has 4 rings (SSSR count). The standard InChI is InChI=1S/C24H31N3O2/c1-25-16-19-22(17-11-14-26-21(15-17)28-2)18-9-5-4-6-10-20(18)27-23(19)24(29-3)12-7-8-13-24/h11,14-16H,4-10,12-13H2,1-3H3. The summed E-state index contributed by atoms with van der Waals surface area (Å²) in [5.41, 5.74) is 6.81. The smallest absolute Gasteiger partial charge is 0.213 e. The molecule has 0 spiro atoms. The number of pyridine rings is 2. The molecule has 0 unspecified atom stereocenters. The Morgan fingerprint density at radius 3 is 2.59 bits per heavy atom. The van der Waals surface area contributed by atoms with Crippen molar-refractivity contribution in [3.63, 3.8) is 0 Å². The van der Waals surface area contributed by atoms with Crippen molar-refractivity contribution in [3.8, 4) is 17.0 Å². The van der Waals surface area contributed by atoms with E-state index in [-0.39, 0.29) is 5.60 Å². The summed E-state index contributed by atoms with van der Waals surface area (Å²) in [6, 6.07) is 4.11. The average molecular weight is 394 g/mol. The molecule has 2 aromatic heterocycles. The number of hydrogen-bond donors (Lipinski definition) is 0. The zero-order valence-electron chi connectivity index (χ0n) is 17.8. The minimum Gasteiger partial charge on any atom is -0.481 e. The lowest BCUT2D eigenvalue weighted by Gasteiger charge is -2.31. The number of aliphatic imine (C=N–C) groups is 1. The van der Waals surface area contributed by atoms with E-state index in [2.05, 4.69) is 16.0 Å². The highest BCUT2D eigenvalue weighted by atomic mass is 16.5. The molecule has 0 aliphatic heterocycles. The molecule has 0 atom stereocenters. The molecule has 29 heavy (non-hydrogen) atoms. The third-order valence-electron chi connectivity index (χ3n) is 6.49. The van der Waals surface area contributed by atoms with Gasteiger partial charge in [-0.1, -0.05) is 19.3 Å². The maximum Gasteiger partial charge on any atom is 0.213 e. The first-order chi connectivity index (χ1) is 14.2. The van der Waals surface area contributed by atoms with Crippen molar-refractivity contribution >= 4 is 6.21 Å². The summed E-state index contributed by atoms with van der Waals surface area (Å²) in [6.45, 7) is 0. The van der Waals surface area contributed by atoms with Crippen LogP contribution in [0.4, 0.5) is 0 Å². The highest BCUT2D eigenvalue weighted by molar-refractivity contribution is 5.93. The van der Waals surface area contributed by atoms with Gasteiger partial charge >= 0.3 is 0 Å². The highest BCUT2D eigenvalue weighted by Crippen LogP contribution is 2.45. The number of ether oxygens (including phenoxy) is 2. The van der Waals surface area contributed by atoms with Crippen LogP contribution in [0.2, 0.25) is 0 Å². The number of aryl methyl sites for hydroxylation is 1. The molecule has 5 heteroatoms. The molecule has 5 nitrogen and oxygen atoms in total. The van der Waals surface area contributed by atoms with Gasteiger partial charge in [0.2, 0.25) is 5.88 Å². The lowest BCUT2D eigenvalue weighted by atomic mass is 9.85. The minimum absolute atomic E-state index is 0.316. The zero-order chi connectivity index (χ0) is 20.3. The Hall–Kier alpha value is -2.27. The Morgan fingerprint density at radius 1 is 1.07 bits per heavy atom. The topological polar surface area (TPSA) is 56.6 Å². The molecule has 0 amide bonds. The van der Waals surface area contributed by atoms with E-state index < -0.39 is 0 Å². The second kappa shape index (κ2) is 8.62. The average Bonchev–Trinajstić information content (AvgIpc) is 3.13. The first-order valence-corrected chi connectivity index (χ1v) is 10.8. The third-order valence-corrected chi connectivity index (χ3v) is 6.49. The largest absolute Gasteiger partial charge is 0.481 e. The number of fused-ring (bicyclic) bond motifs is 1. The van der Waals surface area contributed by atoms with Crippen LogP contribution in [-0.2, 0) is 23.2 Å². The predicted molar refractivity (Wildman–Crippen MR) is 116 cm³/mol. The van der Waals surface area contributed by atoms with Gasteiger partial charge in [0.15, 0.2) is 0 Å². The molecule has 0 saturated heterocycles. The maximum absolute atomic E-state index is 6.17. The Morgan fingerprint density at radius 2 is 1.86 bits per heavy atom. The van der Waals surface area contributed by atoms with Crippen molar-refractivity contribution in [1.82, 2.24) is 9.97 Å². The Labute approximate surface area is 173 Å². The van der Waals surface area contributed by atoms with Crippen LogP contribution in [0.25, 0.3) is 11.1 Å². The zero-order valence-corrected chi connectivity index (χ0v) is 17.8. The van der Waals surface area contributed by atoms with Gasteiger partial charge in [0.1, 0.15) is 5.60 Å². The van der Waals surface area contributed by atoms with Crippen LogP contribution in [0.5, 0.6) is 5.88 Å². The number of nitrogens with zero attached hydrogens (tertiary/aromatic N) is 3. The van der Waals surface area contributed by atoms with E-state index in [1.165, 1.54) is 48.9 Å². The van der Waals surface area contributed by atoms with Crippen molar-refractivity contribution in [2.75, 3.05) is 21.3 Å². The highest BCUT2D eigenvalue weighted by Gasteiger charge is 2.40. The number of aromatic nitrogens is 2. The fourth-order valence-corrected chi connectivity index (χ4v) is 5.03. The van der Waals surface area contributed by atoms with E-state index in [9.17, 15) is 0 Å². The van der Waals surface area contributed by atoms with Crippen LogP contribution < -0.4 is 4.74 Å². The lowest BCUT2D eigenvalue weighted by Crippen LogP contribution is -2.29. The molecule has 0 N–H and O–H groups in total. The molecule has 2 aliphatic carbocycles. The lowest BCUT2D eigenvalue weighted by molar-refractivity contribution is -0.0126. The normalized spacial score (nSPS) is 18.6. The van der Waals surface area contributed by atoms with Crippen LogP contribution in [0.15, 0.2) is 23.3 Å². The van der Waals surface area contributed by atoms with Crippen LogP contribution in [-0.4, -0.2) is 37.4 Å². The van der Waals surface area contributed by atoms with Gasteiger partial charge in [-0.2, -0.15) is 0 Å². The minimum atomic E-state index is -0.316. The molecule has 0 bridgehead atoms.